The summed E-state index contributed by atoms with van der Waals surface area (Å²) in [6.07, 6.45) is 20.9. The minimum absolute atomic E-state index is 0.0243. The van der Waals surface area contributed by atoms with Crippen molar-refractivity contribution >= 4 is 29.6 Å². The summed E-state index contributed by atoms with van der Waals surface area (Å²) in [5.41, 5.74) is 0. The maximum Gasteiger partial charge on any atom is 0.326 e. The predicted octanol–water partition coefficient (Wildman–Crippen LogP) is 4.78. The van der Waals surface area contributed by atoms with Crippen LogP contribution in [0.2, 0.25) is 0 Å². The van der Waals surface area contributed by atoms with E-state index in [9.17, 15) is 29.1 Å². The van der Waals surface area contributed by atoms with Gasteiger partial charge in [0.2, 0.25) is 23.6 Å². The van der Waals surface area contributed by atoms with Crippen LogP contribution >= 0.6 is 0 Å². The van der Waals surface area contributed by atoms with Gasteiger partial charge in [-0.15, -0.1) is 0 Å². The zero-order valence-electron chi connectivity index (χ0n) is 28.4. The van der Waals surface area contributed by atoms with Crippen LogP contribution in [-0.4, -0.2) is 73.1 Å². The average Bonchev–Trinajstić information content (AvgIpc) is 2.99. The molecule has 4 amide bonds. The highest BCUT2D eigenvalue weighted by molar-refractivity contribution is 5.91. The fourth-order valence-corrected chi connectivity index (χ4v) is 4.56. The van der Waals surface area contributed by atoms with E-state index >= 15 is 0 Å². The molecule has 45 heavy (non-hydrogen) atoms. The van der Waals surface area contributed by atoms with Gasteiger partial charge in [-0.3, -0.25) is 19.2 Å². The molecule has 0 aliphatic rings. The summed E-state index contributed by atoms with van der Waals surface area (Å²) in [5.74, 6) is -2.86. The highest BCUT2D eigenvalue weighted by Crippen LogP contribution is 2.10. The molecule has 0 saturated carbocycles. The van der Waals surface area contributed by atoms with Crippen molar-refractivity contribution in [3.8, 4) is 0 Å². The molecule has 5 N–H and O–H groups in total. The molecule has 0 spiro atoms. The van der Waals surface area contributed by atoms with E-state index in [4.69, 9.17) is 4.74 Å². The quantitative estimate of drug-likeness (QED) is 0.0581. The molecule has 260 valence electrons. The topological polar surface area (TPSA) is 163 Å². The summed E-state index contributed by atoms with van der Waals surface area (Å²) in [6.45, 7) is 8.35. The molecule has 0 heterocycles. The summed E-state index contributed by atoms with van der Waals surface area (Å²) in [7, 11) is 0. The number of carboxylic acid groups (broad SMARTS) is 1. The van der Waals surface area contributed by atoms with Crippen molar-refractivity contribution in [3.05, 3.63) is 12.2 Å². The molecular formula is C34H62N4O7. The third kappa shape index (κ3) is 26.0. The molecular weight excluding hydrogens is 576 g/mol. The van der Waals surface area contributed by atoms with Gasteiger partial charge in [0.15, 0.2) is 0 Å². The van der Waals surface area contributed by atoms with E-state index in [1.54, 1.807) is 13.8 Å². The monoisotopic (exact) mass is 638 g/mol. The van der Waals surface area contributed by atoms with Crippen LogP contribution in [0, 0.1) is 5.92 Å². The Labute approximate surface area is 271 Å². The average molecular weight is 639 g/mol. The van der Waals surface area contributed by atoms with E-state index in [1.165, 1.54) is 64.7 Å². The van der Waals surface area contributed by atoms with Gasteiger partial charge in [0.05, 0.1) is 13.2 Å². The zero-order chi connectivity index (χ0) is 33.7. The zero-order valence-corrected chi connectivity index (χ0v) is 28.4. The second-order valence-electron chi connectivity index (χ2n) is 12.0. The van der Waals surface area contributed by atoms with Gasteiger partial charge in [-0.2, -0.15) is 0 Å². The number of ether oxygens (including phenoxy) is 1. The summed E-state index contributed by atoms with van der Waals surface area (Å²) in [5, 5.41) is 19.6. The lowest BCUT2D eigenvalue weighted by atomic mass is 10.0. The van der Waals surface area contributed by atoms with Gasteiger partial charge in [-0.05, 0) is 44.9 Å². The highest BCUT2D eigenvalue weighted by Gasteiger charge is 2.26. The fourth-order valence-electron chi connectivity index (χ4n) is 4.56. The van der Waals surface area contributed by atoms with Crippen LogP contribution in [0.1, 0.15) is 130 Å². The molecule has 0 rings (SSSR count). The normalized spacial score (nSPS) is 12.6. The standard InChI is InChI=1S/C34H62N4O7/c1-5-6-7-8-9-10-11-12-13-14-15-16-17-18-19-20-29(39)35-23-25-45-26-24-36-30(40)21-22-31(41)37-28(4)33(42)38-32(27(2)3)34(43)44/h12-13,27-28,32H,5-11,14-26H2,1-4H3,(H,35,39)(H,36,40)(H,37,41)(H,38,42)(H,43,44)/t28-,32-/m0/s1. The molecule has 0 radical (unpaired) electrons. The molecule has 11 nitrogen and oxygen atoms in total. The molecule has 0 aromatic carbocycles. The first-order valence-corrected chi connectivity index (χ1v) is 17.2. The summed E-state index contributed by atoms with van der Waals surface area (Å²) in [6, 6.07) is -1.99. The molecule has 11 heteroatoms. The van der Waals surface area contributed by atoms with Crippen LogP contribution in [0.25, 0.3) is 0 Å². The molecule has 2 atom stereocenters. The van der Waals surface area contributed by atoms with E-state index in [2.05, 4.69) is 40.3 Å². The van der Waals surface area contributed by atoms with Gasteiger partial charge < -0.3 is 31.1 Å². The molecule has 0 bridgehead atoms. The first-order chi connectivity index (χ1) is 21.6. The van der Waals surface area contributed by atoms with Crippen molar-refractivity contribution in [2.24, 2.45) is 5.92 Å². The van der Waals surface area contributed by atoms with Crippen molar-refractivity contribution in [2.75, 3.05) is 26.3 Å². The van der Waals surface area contributed by atoms with E-state index in [1.807, 2.05) is 0 Å². The van der Waals surface area contributed by atoms with Crippen LogP contribution in [0.4, 0.5) is 0 Å². The van der Waals surface area contributed by atoms with Crippen LogP contribution in [0.5, 0.6) is 0 Å². The van der Waals surface area contributed by atoms with E-state index in [0.717, 1.165) is 25.7 Å². The van der Waals surface area contributed by atoms with E-state index in [0.29, 0.717) is 19.6 Å². The number of carbonyl (C=O) groups excluding carboxylic acids is 4. The summed E-state index contributed by atoms with van der Waals surface area (Å²) in [4.78, 5) is 59.4. The molecule has 0 aliphatic carbocycles. The van der Waals surface area contributed by atoms with Crippen molar-refractivity contribution in [1.82, 2.24) is 21.3 Å². The lowest BCUT2D eigenvalue weighted by molar-refractivity contribution is -0.143. The number of amides is 4. The van der Waals surface area contributed by atoms with Crippen molar-refractivity contribution in [3.63, 3.8) is 0 Å². The number of carbonyl (C=O) groups is 5. The predicted molar refractivity (Wildman–Crippen MR) is 178 cm³/mol. The van der Waals surface area contributed by atoms with Gasteiger partial charge in [0.25, 0.3) is 0 Å². The van der Waals surface area contributed by atoms with E-state index in [-0.39, 0.29) is 43.7 Å². The smallest absolute Gasteiger partial charge is 0.326 e. The Morgan fingerprint density at radius 3 is 1.67 bits per heavy atom. The molecule has 0 fully saturated rings. The lowest BCUT2D eigenvalue weighted by Crippen LogP contribution is -2.52. The fraction of sp³-hybridized carbons (Fsp3) is 0.794. The first-order valence-electron chi connectivity index (χ1n) is 17.2. The van der Waals surface area contributed by atoms with Gasteiger partial charge >= 0.3 is 5.97 Å². The van der Waals surface area contributed by atoms with Crippen molar-refractivity contribution in [2.45, 2.75) is 143 Å². The lowest BCUT2D eigenvalue weighted by Gasteiger charge is -2.21. The molecule has 0 aromatic rings. The third-order valence-electron chi connectivity index (χ3n) is 7.38. The summed E-state index contributed by atoms with van der Waals surface area (Å²) < 4.78 is 5.43. The number of nitrogens with one attached hydrogen (secondary N) is 4. The number of allylic oxidation sites excluding steroid dienone is 2. The molecule has 0 aliphatic heterocycles. The maximum atomic E-state index is 12.2. The Hall–Kier alpha value is -2.95. The third-order valence-corrected chi connectivity index (χ3v) is 7.38. The minimum atomic E-state index is -1.15. The Bertz CT molecular complexity index is 863. The number of aliphatic carboxylic acids is 1. The molecule has 0 aromatic heterocycles. The van der Waals surface area contributed by atoms with Gasteiger partial charge in [0, 0.05) is 32.4 Å². The highest BCUT2D eigenvalue weighted by atomic mass is 16.5. The largest absolute Gasteiger partial charge is 0.480 e. The van der Waals surface area contributed by atoms with Crippen LogP contribution < -0.4 is 21.3 Å². The Morgan fingerprint density at radius 2 is 1.13 bits per heavy atom. The first kappa shape index (κ1) is 42.0. The van der Waals surface area contributed by atoms with Gasteiger partial charge in [-0.25, -0.2) is 4.79 Å². The number of carboxylic acids is 1. The van der Waals surface area contributed by atoms with Crippen LogP contribution in [-0.2, 0) is 28.7 Å². The number of unbranched alkanes of at least 4 members (excludes halogenated alkanes) is 11. The molecule has 0 saturated heterocycles. The van der Waals surface area contributed by atoms with Crippen molar-refractivity contribution < 1.29 is 33.8 Å². The van der Waals surface area contributed by atoms with Gasteiger partial charge in [-0.1, -0.05) is 84.3 Å². The Morgan fingerprint density at radius 1 is 0.644 bits per heavy atom. The van der Waals surface area contributed by atoms with Gasteiger partial charge in [0.1, 0.15) is 12.1 Å². The second-order valence-corrected chi connectivity index (χ2v) is 12.0. The van der Waals surface area contributed by atoms with E-state index < -0.39 is 29.9 Å². The minimum Gasteiger partial charge on any atom is -0.480 e. The summed E-state index contributed by atoms with van der Waals surface area (Å²) >= 11 is 0. The number of hydrogen-bond acceptors (Lipinski definition) is 6. The SMILES string of the molecule is CCCCCCCCC=CCCCCCCCC(=O)NCCOCCNC(=O)CCC(=O)N[C@@H](C)C(=O)N[C@H](C(=O)O)C(C)C. The number of rotatable bonds is 29. The molecule has 0 unspecified atom stereocenters. The van der Waals surface area contributed by atoms with Crippen LogP contribution in [0.15, 0.2) is 12.2 Å². The maximum absolute atomic E-state index is 12.2. The Balaban J connectivity index is 3.65. The van der Waals surface area contributed by atoms with Crippen LogP contribution in [0.3, 0.4) is 0 Å². The second kappa shape index (κ2) is 28.5. The Kier molecular flexibility index (Phi) is 26.6. The number of hydrogen-bond donors (Lipinski definition) is 5. The van der Waals surface area contributed by atoms with Crippen molar-refractivity contribution in [1.29, 1.82) is 0 Å².